The van der Waals surface area contributed by atoms with Crippen LogP contribution in [-0.4, -0.2) is 24.6 Å². The molecule has 0 N–H and O–H groups in total. The molecule has 0 radical (unpaired) electrons. The summed E-state index contributed by atoms with van der Waals surface area (Å²) >= 11 is -3.75. The van der Waals surface area contributed by atoms with Gasteiger partial charge in [0.2, 0.25) is 0 Å². The topological polar surface area (TPSA) is 26.3 Å². The van der Waals surface area contributed by atoms with Crippen molar-refractivity contribution < 1.29 is 7.90 Å². The summed E-state index contributed by atoms with van der Waals surface area (Å²) in [6.07, 6.45) is 0. The molecule has 0 aliphatic rings. The van der Waals surface area contributed by atoms with Crippen molar-refractivity contribution in [2.24, 2.45) is 0 Å². The molecule has 0 atom stereocenters. The Morgan fingerprint density at radius 1 is 0.500 bits per heavy atom. The Morgan fingerprint density at radius 3 is 1.18 bits per heavy atom. The zero-order chi connectivity index (χ0) is 19.2. The van der Waals surface area contributed by atoms with Gasteiger partial charge >= 0.3 is 170 Å². The molecule has 0 saturated heterocycles. The second kappa shape index (κ2) is 8.44. The van der Waals surface area contributed by atoms with Crippen molar-refractivity contribution >= 4 is 35.4 Å². The van der Waals surface area contributed by atoms with Crippen LogP contribution < -0.4 is 10.8 Å². The summed E-state index contributed by atoms with van der Waals surface area (Å²) in [5.74, 6) is -0.279. The van der Waals surface area contributed by atoms with E-state index in [0.29, 0.717) is 5.56 Å². The van der Waals surface area contributed by atoms with Crippen LogP contribution in [0, 0.1) is 0 Å². The van der Waals surface area contributed by atoms with Crippen LogP contribution in [0.3, 0.4) is 0 Å². The summed E-state index contributed by atoms with van der Waals surface area (Å²) < 4.78 is 9.80. The van der Waals surface area contributed by atoms with E-state index in [9.17, 15) is 4.79 Å². The van der Waals surface area contributed by atoms with E-state index in [-0.39, 0.29) is 5.97 Å². The van der Waals surface area contributed by atoms with Gasteiger partial charge in [0.15, 0.2) is 0 Å². The molecular formula is C25H20O2Te. The first kappa shape index (κ1) is 18.5. The van der Waals surface area contributed by atoms with Crippen LogP contribution in [-0.2, 0) is 3.10 Å². The Balaban J connectivity index is 1.95. The van der Waals surface area contributed by atoms with Crippen molar-refractivity contribution in [2.45, 2.75) is 0 Å². The van der Waals surface area contributed by atoms with Gasteiger partial charge in [0, 0.05) is 0 Å². The van der Waals surface area contributed by atoms with Gasteiger partial charge in [-0.2, -0.15) is 0 Å². The molecule has 0 aliphatic heterocycles. The second-order valence-corrected chi connectivity index (χ2v) is 13.9. The molecule has 0 spiro atoms. The van der Waals surface area contributed by atoms with E-state index in [4.69, 9.17) is 3.10 Å². The van der Waals surface area contributed by atoms with E-state index >= 15 is 0 Å². The molecule has 0 saturated carbocycles. The van der Waals surface area contributed by atoms with Crippen molar-refractivity contribution in [1.29, 1.82) is 0 Å². The summed E-state index contributed by atoms with van der Waals surface area (Å²) in [5.41, 5.74) is 0.570. The van der Waals surface area contributed by atoms with Crippen LogP contribution in [0.4, 0.5) is 0 Å². The Bertz CT molecular complexity index is 936. The van der Waals surface area contributed by atoms with Gasteiger partial charge in [-0.15, -0.1) is 0 Å². The zero-order valence-corrected chi connectivity index (χ0v) is 17.6. The molecule has 2 nitrogen and oxygen atoms in total. The first-order valence-corrected chi connectivity index (χ1v) is 13.5. The van der Waals surface area contributed by atoms with Crippen LogP contribution in [0.25, 0.3) is 0 Å². The molecule has 0 aromatic heterocycles. The van der Waals surface area contributed by atoms with Gasteiger partial charge in [0.25, 0.3) is 0 Å². The summed E-state index contributed by atoms with van der Waals surface area (Å²) in [7, 11) is 0. The molecule has 138 valence electrons. The van der Waals surface area contributed by atoms with Gasteiger partial charge in [0.05, 0.1) is 0 Å². The fourth-order valence-electron chi connectivity index (χ4n) is 3.12. The number of carbonyl (C=O) groups is 1. The van der Waals surface area contributed by atoms with Crippen LogP contribution >= 0.6 is 0 Å². The monoisotopic (exact) mass is 482 g/mol. The van der Waals surface area contributed by atoms with Crippen molar-refractivity contribution in [2.75, 3.05) is 0 Å². The molecule has 28 heavy (non-hydrogen) atoms. The van der Waals surface area contributed by atoms with Crippen LogP contribution in [0.2, 0.25) is 0 Å². The van der Waals surface area contributed by atoms with Crippen molar-refractivity contribution in [3.05, 3.63) is 127 Å². The second-order valence-electron chi connectivity index (χ2n) is 6.23. The minimum atomic E-state index is -3.75. The number of carbonyl (C=O) groups excluding carboxylic acids is 1. The number of rotatable bonds is 5. The minimum absolute atomic E-state index is 0.279. The Morgan fingerprint density at radius 2 is 0.821 bits per heavy atom. The summed E-state index contributed by atoms with van der Waals surface area (Å²) in [4.78, 5) is 13.2. The summed E-state index contributed by atoms with van der Waals surface area (Å²) in [5, 5.41) is 0. The first-order valence-electron chi connectivity index (χ1n) is 9.08. The Kier molecular flexibility index (Phi) is 5.57. The molecule has 0 bridgehead atoms. The SMILES string of the molecule is O=C(O[Te](c1ccccc1)(c1ccccc1)c1ccccc1)c1ccccc1. The predicted molar refractivity (Wildman–Crippen MR) is 116 cm³/mol. The molecule has 0 amide bonds. The number of hydrogen-bond acceptors (Lipinski definition) is 2. The van der Waals surface area contributed by atoms with Crippen molar-refractivity contribution in [1.82, 2.24) is 0 Å². The average molecular weight is 480 g/mol. The zero-order valence-electron chi connectivity index (χ0n) is 15.3. The maximum atomic E-state index is 13.2. The van der Waals surface area contributed by atoms with Crippen LogP contribution in [0.5, 0.6) is 0 Å². The normalized spacial score (nSPS) is 11.6. The first-order chi connectivity index (χ1) is 13.8. The molecule has 0 aliphatic carbocycles. The van der Waals surface area contributed by atoms with Gasteiger partial charge in [-0.25, -0.2) is 0 Å². The molecule has 4 aromatic carbocycles. The molecule has 3 heteroatoms. The Hall–Kier alpha value is -2.86. The average Bonchev–Trinajstić information content (AvgIpc) is 2.80. The van der Waals surface area contributed by atoms with E-state index in [0.717, 1.165) is 10.8 Å². The third-order valence-corrected chi connectivity index (χ3v) is 13.6. The predicted octanol–water partition coefficient (Wildman–Crippen LogP) is 3.51. The summed E-state index contributed by atoms with van der Waals surface area (Å²) in [6, 6.07) is 39.8. The fraction of sp³-hybridized carbons (Fsp3) is 0. The van der Waals surface area contributed by atoms with E-state index in [1.807, 2.05) is 72.8 Å². The molecule has 0 unspecified atom stereocenters. The van der Waals surface area contributed by atoms with E-state index in [1.54, 1.807) is 12.1 Å². The molecular weight excluding hydrogens is 460 g/mol. The maximum absolute atomic E-state index is 13.2. The van der Waals surface area contributed by atoms with Crippen LogP contribution in [0.15, 0.2) is 121 Å². The molecule has 0 fully saturated rings. The van der Waals surface area contributed by atoms with E-state index < -0.39 is 18.6 Å². The standard InChI is InChI=1S/C25H20O2Te/c26-25(21-13-5-1-6-14-21)27-28(22-15-7-2-8-16-22,23-17-9-3-10-18-23)24-19-11-4-12-20-24/h1-20H. The van der Waals surface area contributed by atoms with Crippen molar-refractivity contribution in [3.63, 3.8) is 0 Å². The van der Waals surface area contributed by atoms with Gasteiger partial charge in [-0.1, -0.05) is 0 Å². The number of hydrogen-bond donors (Lipinski definition) is 0. The molecule has 4 aromatic rings. The van der Waals surface area contributed by atoms with Crippen molar-refractivity contribution in [3.8, 4) is 0 Å². The third-order valence-electron chi connectivity index (χ3n) is 4.44. The van der Waals surface area contributed by atoms with Gasteiger partial charge in [-0.05, 0) is 0 Å². The van der Waals surface area contributed by atoms with E-state index in [1.165, 1.54) is 0 Å². The van der Waals surface area contributed by atoms with Gasteiger partial charge in [0.1, 0.15) is 0 Å². The Labute approximate surface area is 169 Å². The third kappa shape index (κ3) is 3.60. The molecule has 0 heterocycles. The van der Waals surface area contributed by atoms with Gasteiger partial charge in [-0.3, -0.25) is 0 Å². The summed E-state index contributed by atoms with van der Waals surface area (Å²) in [6.45, 7) is 0. The quantitative estimate of drug-likeness (QED) is 0.409. The van der Waals surface area contributed by atoms with Gasteiger partial charge < -0.3 is 0 Å². The van der Waals surface area contributed by atoms with E-state index in [2.05, 4.69) is 36.4 Å². The molecule has 4 rings (SSSR count). The fourth-order valence-corrected chi connectivity index (χ4v) is 11.8. The number of benzene rings is 4. The van der Waals surface area contributed by atoms with Crippen LogP contribution in [0.1, 0.15) is 10.4 Å².